The molecule has 4 nitrogen and oxygen atoms in total. The van der Waals surface area contributed by atoms with Crippen LogP contribution in [-0.4, -0.2) is 15.5 Å². The number of para-hydroxylation sites is 1. The number of hydrogen-bond acceptors (Lipinski definition) is 1. The maximum Gasteiger partial charge on any atom is 0.222 e. The molecule has 0 saturated heterocycles. The Kier molecular flexibility index (Phi) is 4.47. The summed E-state index contributed by atoms with van der Waals surface area (Å²) in [5.41, 5.74) is 4.89. The van der Waals surface area contributed by atoms with Crippen LogP contribution in [0.2, 0.25) is 0 Å². The van der Waals surface area contributed by atoms with E-state index in [1.165, 1.54) is 27.5 Å². The number of rotatable bonds is 4. The standard InChI is InChI=1S/C23H22BrN3O/c24-16-8-9-21-15(14-16)10-12-27(21)13-11-22(28)25-20-7-3-5-18-17-4-1-2-6-19(17)26-23(18)20/h1-2,4,6,8-10,12,14,20,26H,3,5,7,11,13H2,(H,25,28)/t20-/m1/s1. The normalized spacial score (nSPS) is 16.4. The van der Waals surface area contributed by atoms with Gasteiger partial charge in [0.25, 0.3) is 0 Å². The third kappa shape index (κ3) is 3.14. The van der Waals surface area contributed by atoms with E-state index in [0.29, 0.717) is 13.0 Å². The summed E-state index contributed by atoms with van der Waals surface area (Å²) in [6.07, 6.45) is 5.71. The number of aromatic nitrogens is 2. The lowest BCUT2D eigenvalue weighted by atomic mass is 9.91. The fourth-order valence-electron chi connectivity index (χ4n) is 4.41. The van der Waals surface area contributed by atoms with E-state index in [2.05, 4.69) is 79.5 Å². The molecular weight excluding hydrogens is 414 g/mol. The molecule has 1 aliphatic carbocycles. The van der Waals surface area contributed by atoms with Gasteiger partial charge < -0.3 is 14.9 Å². The molecule has 0 fully saturated rings. The summed E-state index contributed by atoms with van der Waals surface area (Å²) in [7, 11) is 0. The lowest BCUT2D eigenvalue weighted by Gasteiger charge is -2.24. The minimum absolute atomic E-state index is 0.0843. The van der Waals surface area contributed by atoms with Crippen molar-refractivity contribution in [1.29, 1.82) is 0 Å². The van der Waals surface area contributed by atoms with Crippen molar-refractivity contribution in [2.75, 3.05) is 0 Å². The SMILES string of the molecule is O=C(CCn1ccc2cc(Br)ccc21)N[C@@H]1CCCc2c1[nH]c1ccccc21. The number of amides is 1. The first-order valence-electron chi connectivity index (χ1n) is 9.82. The molecule has 1 aliphatic rings. The van der Waals surface area contributed by atoms with E-state index in [0.717, 1.165) is 29.3 Å². The number of carbonyl (C=O) groups excluding carboxylic acids is 1. The molecule has 0 saturated carbocycles. The summed E-state index contributed by atoms with van der Waals surface area (Å²) in [5, 5.41) is 5.74. The second kappa shape index (κ2) is 7.13. The predicted molar refractivity (Wildman–Crippen MR) is 116 cm³/mol. The Labute approximate surface area is 172 Å². The molecule has 0 radical (unpaired) electrons. The number of benzene rings is 2. The minimum Gasteiger partial charge on any atom is -0.356 e. The van der Waals surface area contributed by atoms with Gasteiger partial charge >= 0.3 is 0 Å². The summed E-state index contributed by atoms with van der Waals surface area (Å²) in [6.45, 7) is 0.684. The Morgan fingerprint density at radius 2 is 2.11 bits per heavy atom. The molecule has 0 unspecified atom stereocenters. The van der Waals surface area contributed by atoms with E-state index in [1.54, 1.807) is 0 Å². The van der Waals surface area contributed by atoms with Gasteiger partial charge in [0.2, 0.25) is 5.91 Å². The van der Waals surface area contributed by atoms with Crippen molar-refractivity contribution in [3.8, 4) is 0 Å². The molecule has 5 heteroatoms. The number of aromatic amines is 1. The molecule has 2 N–H and O–H groups in total. The van der Waals surface area contributed by atoms with E-state index in [4.69, 9.17) is 0 Å². The van der Waals surface area contributed by atoms with Gasteiger partial charge in [-0.2, -0.15) is 0 Å². The number of hydrogen-bond donors (Lipinski definition) is 2. The largest absolute Gasteiger partial charge is 0.356 e. The Morgan fingerprint density at radius 3 is 3.04 bits per heavy atom. The van der Waals surface area contributed by atoms with Crippen molar-refractivity contribution in [2.24, 2.45) is 0 Å². The molecule has 142 valence electrons. The van der Waals surface area contributed by atoms with Crippen LogP contribution < -0.4 is 5.32 Å². The molecule has 28 heavy (non-hydrogen) atoms. The van der Waals surface area contributed by atoms with E-state index in [1.807, 2.05) is 6.07 Å². The second-order valence-corrected chi connectivity index (χ2v) is 8.45. The average Bonchev–Trinajstić information content (AvgIpc) is 3.28. The topological polar surface area (TPSA) is 49.8 Å². The highest BCUT2D eigenvalue weighted by molar-refractivity contribution is 9.10. The molecule has 0 aliphatic heterocycles. The van der Waals surface area contributed by atoms with Gasteiger partial charge in [0.1, 0.15) is 0 Å². The fraction of sp³-hybridized carbons (Fsp3) is 0.261. The van der Waals surface area contributed by atoms with Gasteiger partial charge in [-0.25, -0.2) is 0 Å². The van der Waals surface area contributed by atoms with Crippen molar-refractivity contribution >= 4 is 43.6 Å². The lowest BCUT2D eigenvalue weighted by molar-refractivity contribution is -0.122. The number of carbonyl (C=O) groups is 1. The van der Waals surface area contributed by atoms with Crippen LogP contribution >= 0.6 is 15.9 Å². The van der Waals surface area contributed by atoms with E-state index >= 15 is 0 Å². The molecule has 5 rings (SSSR count). The fourth-order valence-corrected chi connectivity index (χ4v) is 4.79. The van der Waals surface area contributed by atoms with E-state index in [9.17, 15) is 4.79 Å². The Balaban J connectivity index is 1.30. The van der Waals surface area contributed by atoms with E-state index in [-0.39, 0.29) is 11.9 Å². The van der Waals surface area contributed by atoms with Crippen LogP contribution in [0.25, 0.3) is 21.8 Å². The highest BCUT2D eigenvalue weighted by Crippen LogP contribution is 2.34. The molecule has 4 aromatic rings. The highest BCUT2D eigenvalue weighted by atomic mass is 79.9. The van der Waals surface area contributed by atoms with Crippen molar-refractivity contribution < 1.29 is 4.79 Å². The summed E-state index contributed by atoms with van der Waals surface area (Å²) in [4.78, 5) is 16.2. The van der Waals surface area contributed by atoms with Gasteiger partial charge in [-0.1, -0.05) is 34.1 Å². The molecule has 1 atom stereocenters. The number of H-pyrrole nitrogens is 1. The van der Waals surface area contributed by atoms with Gasteiger partial charge in [-0.05, 0) is 55.2 Å². The van der Waals surface area contributed by atoms with Crippen LogP contribution in [0.15, 0.2) is 59.2 Å². The first-order valence-corrected chi connectivity index (χ1v) is 10.6. The summed E-state index contributed by atoms with van der Waals surface area (Å²) < 4.78 is 3.22. The zero-order chi connectivity index (χ0) is 19.1. The molecule has 2 heterocycles. The smallest absolute Gasteiger partial charge is 0.222 e. The van der Waals surface area contributed by atoms with Crippen molar-refractivity contribution in [3.05, 3.63) is 70.5 Å². The van der Waals surface area contributed by atoms with Gasteiger partial charge in [0.05, 0.1) is 6.04 Å². The minimum atomic E-state index is 0.0843. The Bertz CT molecular complexity index is 1170. The number of nitrogens with one attached hydrogen (secondary N) is 2. The van der Waals surface area contributed by atoms with Crippen molar-refractivity contribution in [3.63, 3.8) is 0 Å². The number of halogens is 1. The maximum absolute atomic E-state index is 12.7. The van der Waals surface area contributed by atoms with Gasteiger partial charge in [-0.15, -0.1) is 0 Å². The monoisotopic (exact) mass is 435 g/mol. The molecule has 2 aromatic heterocycles. The van der Waals surface area contributed by atoms with Crippen LogP contribution in [0.4, 0.5) is 0 Å². The van der Waals surface area contributed by atoms with Crippen LogP contribution in [0.1, 0.15) is 36.6 Å². The molecular formula is C23H22BrN3O. The quantitative estimate of drug-likeness (QED) is 0.438. The molecule has 0 bridgehead atoms. The number of nitrogens with zero attached hydrogens (tertiary/aromatic N) is 1. The average molecular weight is 436 g/mol. The molecule has 1 amide bonds. The predicted octanol–water partition coefficient (Wildman–Crippen LogP) is 5.47. The van der Waals surface area contributed by atoms with Crippen LogP contribution in [0.5, 0.6) is 0 Å². The Hall–Kier alpha value is -2.53. The van der Waals surface area contributed by atoms with E-state index < -0.39 is 0 Å². The molecule has 0 spiro atoms. The van der Waals surface area contributed by atoms with Crippen LogP contribution in [-0.2, 0) is 17.8 Å². The van der Waals surface area contributed by atoms with Crippen molar-refractivity contribution in [2.45, 2.75) is 38.3 Å². The highest BCUT2D eigenvalue weighted by Gasteiger charge is 2.25. The Morgan fingerprint density at radius 1 is 1.21 bits per heavy atom. The number of fused-ring (bicyclic) bond motifs is 4. The third-order valence-corrected chi connectivity index (χ3v) is 6.26. The van der Waals surface area contributed by atoms with Crippen LogP contribution in [0.3, 0.4) is 0 Å². The maximum atomic E-state index is 12.7. The lowest BCUT2D eigenvalue weighted by Crippen LogP contribution is -2.31. The third-order valence-electron chi connectivity index (χ3n) is 5.76. The summed E-state index contributed by atoms with van der Waals surface area (Å²) >= 11 is 3.51. The summed E-state index contributed by atoms with van der Waals surface area (Å²) in [6, 6.07) is 16.8. The molecule has 2 aromatic carbocycles. The first-order chi connectivity index (χ1) is 13.7. The number of aryl methyl sites for hydroxylation is 2. The second-order valence-electron chi connectivity index (χ2n) is 7.54. The van der Waals surface area contributed by atoms with Gasteiger partial charge in [0.15, 0.2) is 0 Å². The van der Waals surface area contributed by atoms with Gasteiger partial charge in [0, 0.05) is 51.1 Å². The zero-order valence-corrected chi connectivity index (χ0v) is 17.1. The van der Waals surface area contributed by atoms with Crippen LogP contribution in [0, 0.1) is 0 Å². The van der Waals surface area contributed by atoms with Gasteiger partial charge in [-0.3, -0.25) is 4.79 Å². The summed E-state index contributed by atoms with van der Waals surface area (Å²) in [5.74, 6) is 0.107. The first kappa shape index (κ1) is 17.6. The zero-order valence-electron chi connectivity index (χ0n) is 15.5. The van der Waals surface area contributed by atoms with Crippen molar-refractivity contribution in [1.82, 2.24) is 14.9 Å².